The van der Waals surface area contributed by atoms with Gasteiger partial charge in [0.05, 0.1) is 31.2 Å². The number of carbonyl (C=O) groups is 2. The number of alkyl halides is 3. The SMILES string of the molecule is CNS(=O)(=O)c1sc2c(c1C(=O)OC)CCN(C(=O)Cc1cccc(C(F)(F)F)c1)C2. The topological polar surface area (TPSA) is 92.8 Å². The Morgan fingerprint density at radius 2 is 2.00 bits per heavy atom. The lowest BCUT2D eigenvalue weighted by atomic mass is 10.0. The van der Waals surface area contributed by atoms with Gasteiger partial charge in [-0.05, 0) is 30.7 Å². The lowest BCUT2D eigenvalue weighted by molar-refractivity contribution is -0.138. The Labute approximate surface area is 180 Å². The molecule has 1 amide bonds. The predicted molar refractivity (Wildman–Crippen MR) is 106 cm³/mol. The van der Waals surface area contributed by atoms with Crippen molar-refractivity contribution in [2.45, 2.75) is 29.8 Å². The second-order valence-electron chi connectivity index (χ2n) is 6.81. The number of benzene rings is 1. The van der Waals surface area contributed by atoms with Crippen molar-refractivity contribution in [2.75, 3.05) is 20.7 Å². The van der Waals surface area contributed by atoms with Gasteiger partial charge < -0.3 is 9.64 Å². The van der Waals surface area contributed by atoms with E-state index >= 15 is 0 Å². The van der Waals surface area contributed by atoms with Crippen LogP contribution < -0.4 is 4.72 Å². The highest BCUT2D eigenvalue weighted by atomic mass is 32.2. The van der Waals surface area contributed by atoms with Crippen molar-refractivity contribution >= 4 is 33.2 Å². The number of halogens is 3. The molecule has 0 atom stereocenters. The van der Waals surface area contributed by atoms with E-state index in [0.29, 0.717) is 10.4 Å². The van der Waals surface area contributed by atoms with Gasteiger partial charge in [0, 0.05) is 11.4 Å². The zero-order chi connectivity index (χ0) is 23.0. The maximum absolute atomic E-state index is 12.9. The van der Waals surface area contributed by atoms with E-state index in [-0.39, 0.29) is 41.3 Å². The molecule has 1 aromatic heterocycles. The summed E-state index contributed by atoms with van der Waals surface area (Å²) in [4.78, 5) is 26.9. The molecular formula is C19H19F3N2O5S2. The van der Waals surface area contributed by atoms with Crippen LogP contribution in [0.15, 0.2) is 28.5 Å². The zero-order valence-electron chi connectivity index (χ0n) is 16.6. The average molecular weight is 476 g/mol. The summed E-state index contributed by atoms with van der Waals surface area (Å²) in [6.07, 6.45) is -4.50. The van der Waals surface area contributed by atoms with Crippen LogP contribution in [-0.2, 0) is 45.1 Å². The Morgan fingerprint density at radius 1 is 1.29 bits per heavy atom. The highest BCUT2D eigenvalue weighted by molar-refractivity contribution is 7.91. The molecule has 0 spiro atoms. The molecule has 168 valence electrons. The lowest BCUT2D eigenvalue weighted by Gasteiger charge is -2.27. The van der Waals surface area contributed by atoms with Crippen LogP contribution in [0.3, 0.4) is 0 Å². The number of nitrogens with zero attached hydrogens (tertiary/aromatic N) is 1. The third-order valence-corrected chi connectivity index (χ3v) is 8.04. The second kappa shape index (κ2) is 8.60. The molecule has 0 unspecified atom stereocenters. The standard InChI is InChI=1S/C19H19F3N2O5S2/c1-23-31(27,28)18-16(17(26)29-2)13-6-7-24(10-14(13)30-18)15(25)9-11-4-3-5-12(8-11)19(20,21)22/h3-5,8,23H,6-7,9-10H2,1-2H3. The summed E-state index contributed by atoms with van der Waals surface area (Å²) in [6, 6.07) is 4.56. The van der Waals surface area contributed by atoms with Gasteiger partial charge in [-0.25, -0.2) is 17.9 Å². The van der Waals surface area contributed by atoms with Crippen LogP contribution in [0.2, 0.25) is 0 Å². The summed E-state index contributed by atoms with van der Waals surface area (Å²) in [5.41, 5.74) is -0.136. The zero-order valence-corrected chi connectivity index (χ0v) is 18.2. The summed E-state index contributed by atoms with van der Waals surface area (Å²) < 4.78 is 70.1. The number of carbonyl (C=O) groups excluding carboxylic acids is 2. The number of thiophene rings is 1. The largest absolute Gasteiger partial charge is 0.465 e. The fraction of sp³-hybridized carbons (Fsp3) is 0.368. The van der Waals surface area contributed by atoms with E-state index in [1.807, 2.05) is 0 Å². The van der Waals surface area contributed by atoms with Gasteiger partial charge >= 0.3 is 12.1 Å². The smallest absolute Gasteiger partial charge is 0.416 e. The first-order valence-electron chi connectivity index (χ1n) is 9.08. The molecule has 1 N–H and O–H groups in total. The van der Waals surface area contributed by atoms with Crippen molar-refractivity contribution in [2.24, 2.45) is 0 Å². The van der Waals surface area contributed by atoms with Crippen molar-refractivity contribution < 1.29 is 35.9 Å². The average Bonchev–Trinajstić information content (AvgIpc) is 3.12. The van der Waals surface area contributed by atoms with E-state index in [9.17, 15) is 31.2 Å². The van der Waals surface area contributed by atoms with Crippen molar-refractivity contribution in [3.05, 3.63) is 51.4 Å². The number of ether oxygens (including phenoxy) is 1. The van der Waals surface area contributed by atoms with Crippen LogP contribution in [0, 0.1) is 0 Å². The van der Waals surface area contributed by atoms with Gasteiger partial charge in [-0.2, -0.15) is 13.2 Å². The van der Waals surface area contributed by atoms with E-state index < -0.39 is 33.6 Å². The first-order valence-corrected chi connectivity index (χ1v) is 11.4. The molecule has 0 aliphatic carbocycles. The first kappa shape index (κ1) is 23.2. The van der Waals surface area contributed by atoms with E-state index in [1.54, 1.807) is 0 Å². The van der Waals surface area contributed by atoms with Crippen LogP contribution in [0.4, 0.5) is 13.2 Å². The van der Waals surface area contributed by atoms with Crippen LogP contribution in [0.1, 0.15) is 31.9 Å². The number of hydrogen-bond donors (Lipinski definition) is 1. The minimum Gasteiger partial charge on any atom is -0.465 e. The number of nitrogens with one attached hydrogen (secondary N) is 1. The number of methoxy groups -OCH3 is 1. The molecule has 0 saturated heterocycles. The van der Waals surface area contributed by atoms with E-state index in [1.165, 1.54) is 24.1 Å². The molecule has 1 aliphatic rings. The van der Waals surface area contributed by atoms with Gasteiger partial charge in [0.1, 0.15) is 4.21 Å². The molecule has 2 heterocycles. The molecule has 1 aromatic carbocycles. The fourth-order valence-electron chi connectivity index (χ4n) is 3.33. The van der Waals surface area contributed by atoms with Gasteiger partial charge in [-0.15, -0.1) is 11.3 Å². The summed E-state index contributed by atoms with van der Waals surface area (Å²) in [6.45, 7) is 0.256. The highest BCUT2D eigenvalue weighted by Gasteiger charge is 2.35. The summed E-state index contributed by atoms with van der Waals surface area (Å²) >= 11 is 0.877. The molecule has 0 bridgehead atoms. The fourth-order valence-corrected chi connectivity index (χ4v) is 6.06. The minimum atomic E-state index is -4.50. The lowest BCUT2D eigenvalue weighted by Crippen LogP contribution is -2.36. The Bertz CT molecular complexity index is 1130. The molecule has 2 aromatic rings. The van der Waals surface area contributed by atoms with Crippen molar-refractivity contribution in [3.8, 4) is 0 Å². The molecule has 0 radical (unpaired) electrons. The molecule has 12 heteroatoms. The van der Waals surface area contributed by atoms with Crippen LogP contribution >= 0.6 is 11.3 Å². The van der Waals surface area contributed by atoms with E-state index in [0.717, 1.165) is 30.6 Å². The Hall–Kier alpha value is -2.44. The highest BCUT2D eigenvalue weighted by Crippen LogP contribution is 2.37. The molecule has 0 saturated carbocycles. The van der Waals surface area contributed by atoms with Gasteiger partial charge in [0.15, 0.2) is 0 Å². The van der Waals surface area contributed by atoms with Crippen molar-refractivity contribution in [1.29, 1.82) is 0 Å². The monoisotopic (exact) mass is 476 g/mol. The number of amides is 1. The molecule has 1 aliphatic heterocycles. The second-order valence-corrected chi connectivity index (χ2v) is 9.99. The molecule has 3 rings (SSSR count). The molecule has 7 nitrogen and oxygen atoms in total. The molecular weight excluding hydrogens is 457 g/mol. The molecule has 0 fully saturated rings. The van der Waals surface area contributed by atoms with Gasteiger partial charge in [0.25, 0.3) is 10.0 Å². The number of rotatable bonds is 5. The van der Waals surface area contributed by atoms with Gasteiger partial charge in [-0.3, -0.25) is 4.79 Å². The Balaban J connectivity index is 1.86. The van der Waals surface area contributed by atoms with E-state index in [4.69, 9.17) is 4.74 Å². The number of fused-ring (bicyclic) bond motifs is 1. The van der Waals surface area contributed by atoms with Crippen LogP contribution in [0.5, 0.6) is 0 Å². The van der Waals surface area contributed by atoms with Crippen molar-refractivity contribution in [1.82, 2.24) is 9.62 Å². The van der Waals surface area contributed by atoms with Gasteiger partial charge in [0.2, 0.25) is 5.91 Å². The normalized spacial score (nSPS) is 14.3. The summed E-state index contributed by atoms with van der Waals surface area (Å²) in [5.74, 6) is -1.17. The maximum atomic E-state index is 12.9. The quantitative estimate of drug-likeness (QED) is 0.670. The predicted octanol–water partition coefficient (Wildman–Crippen LogP) is 2.59. The van der Waals surface area contributed by atoms with Crippen molar-refractivity contribution in [3.63, 3.8) is 0 Å². The Kier molecular flexibility index (Phi) is 6.44. The molecule has 31 heavy (non-hydrogen) atoms. The van der Waals surface area contributed by atoms with Gasteiger partial charge in [-0.1, -0.05) is 18.2 Å². The number of hydrogen-bond acceptors (Lipinski definition) is 6. The third kappa shape index (κ3) is 4.75. The number of esters is 1. The van der Waals surface area contributed by atoms with E-state index in [2.05, 4.69) is 4.72 Å². The summed E-state index contributed by atoms with van der Waals surface area (Å²) in [5, 5.41) is 0. The maximum Gasteiger partial charge on any atom is 0.416 e. The first-order chi connectivity index (χ1) is 14.5. The summed E-state index contributed by atoms with van der Waals surface area (Å²) in [7, 11) is -1.55. The Morgan fingerprint density at radius 3 is 2.61 bits per heavy atom. The minimum absolute atomic E-state index is 0.0400. The van der Waals surface area contributed by atoms with Crippen LogP contribution in [0.25, 0.3) is 0 Å². The van der Waals surface area contributed by atoms with Crippen LogP contribution in [-0.4, -0.2) is 45.9 Å². The third-order valence-electron chi connectivity index (χ3n) is 4.89. The number of sulfonamides is 1.